The maximum absolute atomic E-state index is 9.83. The highest BCUT2D eigenvalue weighted by Crippen LogP contribution is 2.28. The zero-order valence-corrected chi connectivity index (χ0v) is 11.4. The molecule has 0 aliphatic heterocycles. The second-order valence-electron chi connectivity index (χ2n) is 5.93. The van der Waals surface area contributed by atoms with Crippen LogP contribution in [-0.2, 0) is 0 Å². The van der Waals surface area contributed by atoms with Crippen LogP contribution in [0.5, 0.6) is 0 Å². The van der Waals surface area contributed by atoms with Gasteiger partial charge in [-0.05, 0) is 32.1 Å². The molecule has 2 N–H and O–H groups in total. The summed E-state index contributed by atoms with van der Waals surface area (Å²) in [5.74, 6) is 0.795. The average Bonchev–Trinajstić information content (AvgIpc) is 2.27. The van der Waals surface area contributed by atoms with Crippen molar-refractivity contribution in [1.82, 2.24) is 5.32 Å². The molecule has 1 rings (SSSR count). The first-order valence-electron chi connectivity index (χ1n) is 6.91. The zero-order valence-electron chi connectivity index (χ0n) is 11.4. The second kappa shape index (κ2) is 6.02. The van der Waals surface area contributed by atoms with Gasteiger partial charge in [0.05, 0.1) is 6.10 Å². The van der Waals surface area contributed by atoms with Crippen LogP contribution in [0.25, 0.3) is 0 Å². The largest absolute Gasteiger partial charge is 0.393 e. The summed E-state index contributed by atoms with van der Waals surface area (Å²) in [5, 5.41) is 13.5. The molecule has 96 valence electrons. The van der Waals surface area contributed by atoms with Gasteiger partial charge >= 0.3 is 0 Å². The molecule has 4 atom stereocenters. The number of hydrogen-bond donors (Lipinski definition) is 2. The van der Waals surface area contributed by atoms with Crippen LogP contribution < -0.4 is 5.32 Å². The predicted molar refractivity (Wildman–Crippen MR) is 69.5 cm³/mol. The lowest BCUT2D eigenvalue weighted by molar-refractivity contribution is 0.0440. The highest BCUT2D eigenvalue weighted by molar-refractivity contribution is 4.85. The van der Waals surface area contributed by atoms with E-state index in [0.29, 0.717) is 6.04 Å². The van der Waals surface area contributed by atoms with Crippen LogP contribution in [0.1, 0.15) is 59.8 Å². The molecule has 0 amide bonds. The molecule has 0 aromatic carbocycles. The summed E-state index contributed by atoms with van der Waals surface area (Å²) in [6.45, 7) is 9.55. The fourth-order valence-corrected chi connectivity index (χ4v) is 2.55. The molecule has 1 fully saturated rings. The molecule has 0 saturated heterocycles. The van der Waals surface area contributed by atoms with E-state index in [4.69, 9.17) is 0 Å². The number of aliphatic hydroxyl groups excluding tert-OH is 1. The van der Waals surface area contributed by atoms with Gasteiger partial charge in [-0.25, -0.2) is 0 Å². The number of nitrogens with one attached hydrogen (secondary N) is 1. The van der Waals surface area contributed by atoms with E-state index in [-0.39, 0.29) is 11.5 Å². The van der Waals surface area contributed by atoms with Crippen LogP contribution >= 0.6 is 0 Å². The van der Waals surface area contributed by atoms with Crippen LogP contribution in [0.4, 0.5) is 0 Å². The fourth-order valence-electron chi connectivity index (χ4n) is 2.55. The monoisotopic (exact) mass is 227 g/mol. The van der Waals surface area contributed by atoms with Crippen molar-refractivity contribution in [2.24, 2.45) is 11.3 Å². The summed E-state index contributed by atoms with van der Waals surface area (Å²) in [5.41, 5.74) is 0.0250. The van der Waals surface area contributed by atoms with Gasteiger partial charge in [-0.3, -0.25) is 0 Å². The number of rotatable bonds is 5. The Bertz CT molecular complexity index is 205. The maximum Gasteiger partial charge on any atom is 0.0577 e. The molecule has 16 heavy (non-hydrogen) atoms. The lowest BCUT2D eigenvalue weighted by Gasteiger charge is -2.36. The minimum Gasteiger partial charge on any atom is -0.393 e. The molecule has 0 spiro atoms. The van der Waals surface area contributed by atoms with Gasteiger partial charge in [0.15, 0.2) is 0 Å². The lowest BCUT2D eigenvalue weighted by Crippen LogP contribution is -2.46. The zero-order chi connectivity index (χ0) is 12.2. The van der Waals surface area contributed by atoms with Crippen LogP contribution in [0.3, 0.4) is 0 Å². The fraction of sp³-hybridized carbons (Fsp3) is 1.00. The summed E-state index contributed by atoms with van der Waals surface area (Å²) < 4.78 is 0. The molecule has 0 aromatic rings. The smallest absolute Gasteiger partial charge is 0.0577 e. The molecule has 1 saturated carbocycles. The van der Waals surface area contributed by atoms with Crippen LogP contribution in [0, 0.1) is 11.3 Å². The Morgan fingerprint density at radius 2 is 2.00 bits per heavy atom. The van der Waals surface area contributed by atoms with Gasteiger partial charge in [-0.2, -0.15) is 0 Å². The third-order valence-electron chi connectivity index (χ3n) is 4.70. The first-order valence-corrected chi connectivity index (χ1v) is 6.91. The van der Waals surface area contributed by atoms with Crippen molar-refractivity contribution >= 4 is 0 Å². The standard InChI is InChI=1S/C14H29NO/c1-5-14(4,12(3)16)10-15-13-9-7-6-8-11(13)2/h11-13,15-16H,5-10H2,1-4H3. The Labute approximate surface area is 101 Å². The van der Waals surface area contributed by atoms with Crippen LogP contribution in [0.2, 0.25) is 0 Å². The van der Waals surface area contributed by atoms with Crippen molar-refractivity contribution in [3.63, 3.8) is 0 Å². The molecule has 2 nitrogen and oxygen atoms in total. The van der Waals surface area contributed by atoms with Gasteiger partial charge in [0.2, 0.25) is 0 Å². The molecule has 0 heterocycles. The van der Waals surface area contributed by atoms with Gasteiger partial charge in [0, 0.05) is 18.0 Å². The Morgan fingerprint density at radius 3 is 2.50 bits per heavy atom. The molecule has 4 unspecified atom stereocenters. The minimum absolute atomic E-state index is 0.0250. The van der Waals surface area contributed by atoms with Crippen molar-refractivity contribution < 1.29 is 5.11 Å². The van der Waals surface area contributed by atoms with E-state index >= 15 is 0 Å². The van der Waals surface area contributed by atoms with Gasteiger partial charge in [0.25, 0.3) is 0 Å². The molecular formula is C14H29NO. The normalized spacial score (nSPS) is 32.1. The molecule has 0 radical (unpaired) electrons. The summed E-state index contributed by atoms with van der Waals surface area (Å²) in [4.78, 5) is 0. The van der Waals surface area contributed by atoms with Gasteiger partial charge in [0.1, 0.15) is 0 Å². The van der Waals surface area contributed by atoms with Crippen LogP contribution in [0.15, 0.2) is 0 Å². The Hall–Kier alpha value is -0.0800. The van der Waals surface area contributed by atoms with Crippen molar-refractivity contribution in [2.45, 2.75) is 71.9 Å². The van der Waals surface area contributed by atoms with E-state index in [9.17, 15) is 5.11 Å². The SMILES string of the molecule is CCC(C)(CNC1CCCCC1C)C(C)O. The van der Waals surface area contributed by atoms with Gasteiger partial charge in [-0.15, -0.1) is 0 Å². The topological polar surface area (TPSA) is 32.3 Å². The highest BCUT2D eigenvalue weighted by Gasteiger charge is 2.30. The molecule has 2 heteroatoms. The Balaban J connectivity index is 2.42. The van der Waals surface area contributed by atoms with E-state index in [2.05, 4.69) is 26.1 Å². The number of hydrogen-bond acceptors (Lipinski definition) is 2. The summed E-state index contributed by atoms with van der Waals surface area (Å²) in [7, 11) is 0. The molecule has 0 bridgehead atoms. The predicted octanol–water partition coefficient (Wildman–Crippen LogP) is 2.95. The minimum atomic E-state index is -0.233. The van der Waals surface area contributed by atoms with Crippen molar-refractivity contribution in [3.8, 4) is 0 Å². The summed E-state index contributed by atoms with van der Waals surface area (Å²) >= 11 is 0. The first kappa shape index (κ1) is 14.0. The average molecular weight is 227 g/mol. The van der Waals surface area contributed by atoms with Gasteiger partial charge < -0.3 is 10.4 Å². The second-order valence-corrected chi connectivity index (χ2v) is 5.93. The summed E-state index contributed by atoms with van der Waals surface area (Å²) in [6.07, 6.45) is 6.21. The lowest BCUT2D eigenvalue weighted by atomic mass is 9.80. The highest BCUT2D eigenvalue weighted by atomic mass is 16.3. The van der Waals surface area contributed by atoms with Crippen LogP contribution in [-0.4, -0.2) is 23.8 Å². The van der Waals surface area contributed by atoms with Crippen molar-refractivity contribution in [2.75, 3.05) is 6.54 Å². The van der Waals surface area contributed by atoms with Gasteiger partial charge in [-0.1, -0.05) is 33.6 Å². The molecule has 1 aliphatic carbocycles. The van der Waals surface area contributed by atoms with E-state index in [1.807, 2.05) is 6.92 Å². The van der Waals surface area contributed by atoms with Crippen molar-refractivity contribution in [1.29, 1.82) is 0 Å². The molecule has 0 aromatic heterocycles. The third-order valence-corrected chi connectivity index (χ3v) is 4.70. The molecule has 1 aliphatic rings. The Kier molecular flexibility index (Phi) is 5.26. The first-order chi connectivity index (χ1) is 7.49. The number of aliphatic hydroxyl groups is 1. The maximum atomic E-state index is 9.83. The van der Waals surface area contributed by atoms with E-state index in [1.165, 1.54) is 25.7 Å². The van der Waals surface area contributed by atoms with E-state index in [1.54, 1.807) is 0 Å². The Morgan fingerprint density at radius 1 is 1.38 bits per heavy atom. The molecular weight excluding hydrogens is 198 g/mol. The van der Waals surface area contributed by atoms with Crippen molar-refractivity contribution in [3.05, 3.63) is 0 Å². The quantitative estimate of drug-likeness (QED) is 0.757. The third kappa shape index (κ3) is 3.46. The van der Waals surface area contributed by atoms with E-state index < -0.39 is 0 Å². The van der Waals surface area contributed by atoms with E-state index in [0.717, 1.165) is 18.9 Å². The summed E-state index contributed by atoms with van der Waals surface area (Å²) in [6, 6.07) is 0.665.